The Morgan fingerprint density at radius 3 is 2.94 bits per heavy atom. The highest BCUT2D eigenvalue weighted by atomic mass is 32.2. The van der Waals surface area contributed by atoms with Crippen LogP contribution in [0.5, 0.6) is 0 Å². The van der Waals surface area contributed by atoms with Crippen LogP contribution in [0.15, 0.2) is 5.16 Å². The first-order valence-corrected chi connectivity index (χ1v) is 6.69. The van der Waals surface area contributed by atoms with Gasteiger partial charge in [0.2, 0.25) is 11.9 Å². The van der Waals surface area contributed by atoms with Crippen molar-refractivity contribution in [2.24, 2.45) is 0 Å². The third-order valence-electron chi connectivity index (χ3n) is 2.71. The van der Waals surface area contributed by atoms with Gasteiger partial charge in [0.05, 0.1) is 0 Å². The predicted octanol–water partition coefficient (Wildman–Crippen LogP) is 0.812. The summed E-state index contributed by atoms with van der Waals surface area (Å²) < 4.78 is 1.90. The van der Waals surface area contributed by atoms with Crippen molar-refractivity contribution >= 4 is 23.6 Å². The number of hydrogen-bond donors (Lipinski definition) is 2. The van der Waals surface area contributed by atoms with E-state index in [4.69, 9.17) is 5.73 Å². The minimum Gasteiger partial charge on any atom is -0.368 e. The molecule has 1 fully saturated rings. The Morgan fingerprint density at radius 1 is 1.59 bits per heavy atom. The molecule has 1 amide bonds. The summed E-state index contributed by atoms with van der Waals surface area (Å²) in [6.07, 6.45) is 1.53. The van der Waals surface area contributed by atoms with Gasteiger partial charge in [-0.2, -0.15) is 0 Å². The van der Waals surface area contributed by atoms with E-state index in [2.05, 4.69) is 15.5 Å². The number of carbonyl (C=O) groups is 1. The van der Waals surface area contributed by atoms with Gasteiger partial charge in [0.25, 0.3) is 0 Å². The van der Waals surface area contributed by atoms with Gasteiger partial charge >= 0.3 is 0 Å². The zero-order chi connectivity index (χ0) is 12.4. The zero-order valence-electron chi connectivity index (χ0n) is 10.0. The Morgan fingerprint density at radius 2 is 2.35 bits per heavy atom. The monoisotopic (exact) mass is 255 g/mol. The van der Waals surface area contributed by atoms with Crippen LogP contribution in [0.3, 0.4) is 0 Å². The van der Waals surface area contributed by atoms with E-state index in [1.165, 1.54) is 0 Å². The number of aromatic nitrogens is 3. The Bertz CT molecular complexity index is 417. The van der Waals surface area contributed by atoms with E-state index in [0.717, 1.165) is 17.3 Å². The van der Waals surface area contributed by atoms with E-state index in [-0.39, 0.29) is 18.0 Å². The molecule has 1 aromatic rings. The maximum Gasteiger partial charge on any atom is 0.222 e. The molecule has 2 heterocycles. The molecule has 6 nitrogen and oxygen atoms in total. The fraction of sp³-hybridized carbons (Fsp3) is 0.700. The lowest BCUT2D eigenvalue weighted by Gasteiger charge is -2.13. The molecule has 0 saturated carbocycles. The molecular weight excluding hydrogens is 238 g/mol. The van der Waals surface area contributed by atoms with Gasteiger partial charge in [-0.3, -0.25) is 9.36 Å². The van der Waals surface area contributed by atoms with Crippen molar-refractivity contribution < 1.29 is 4.79 Å². The molecule has 0 aliphatic carbocycles. The summed E-state index contributed by atoms with van der Waals surface area (Å²) in [4.78, 5) is 11.1. The van der Waals surface area contributed by atoms with Gasteiger partial charge in [-0.15, -0.1) is 10.2 Å². The van der Waals surface area contributed by atoms with Crippen molar-refractivity contribution in [2.45, 2.75) is 43.9 Å². The molecule has 1 aliphatic heterocycles. The zero-order valence-corrected chi connectivity index (χ0v) is 10.8. The standard InChI is InChI=1S/C10H17N5OS/c1-6(2)15-9(11)13-14-10(15)17-5-7-3-4-8(16)12-7/h6-7H,3-5H2,1-2H3,(H2,11,13)(H,12,16). The van der Waals surface area contributed by atoms with Gasteiger partial charge in [-0.1, -0.05) is 11.8 Å². The normalized spacial score (nSPS) is 19.9. The number of thioether (sulfide) groups is 1. The molecule has 1 atom stereocenters. The number of nitrogens with zero attached hydrogens (tertiary/aromatic N) is 3. The van der Waals surface area contributed by atoms with Gasteiger partial charge < -0.3 is 11.1 Å². The fourth-order valence-corrected chi connectivity index (χ4v) is 2.99. The molecule has 0 aromatic carbocycles. The number of nitrogens with one attached hydrogen (secondary N) is 1. The van der Waals surface area contributed by atoms with Crippen LogP contribution in [0.1, 0.15) is 32.7 Å². The number of hydrogen-bond acceptors (Lipinski definition) is 5. The highest BCUT2D eigenvalue weighted by molar-refractivity contribution is 7.99. The summed E-state index contributed by atoms with van der Waals surface area (Å²) >= 11 is 1.59. The first kappa shape index (κ1) is 12.2. The first-order valence-electron chi connectivity index (χ1n) is 5.70. The molecule has 1 unspecified atom stereocenters. The summed E-state index contributed by atoms with van der Waals surface area (Å²) in [5, 5.41) is 11.7. The second kappa shape index (κ2) is 4.95. The van der Waals surface area contributed by atoms with Gasteiger partial charge in [0, 0.05) is 24.3 Å². The number of anilines is 1. The third-order valence-corrected chi connectivity index (χ3v) is 3.81. The highest BCUT2D eigenvalue weighted by Gasteiger charge is 2.22. The lowest BCUT2D eigenvalue weighted by atomic mass is 10.2. The van der Waals surface area contributed by atoms with E-state index in [1.807, 2.05) is 18.4 Å². The molecule has 7 heteroatoms. The summed E-state index contributed by atoms with van der Waals surface area (Å²) in [7, 11) is 0. The largest absolute Gasteiger partial charge is 0.368 e. The Balaban J connectivity index is 1.97. The molecule has 17 heavy (non-hydrogen) atoms. The molecule has 3 N–H and O–H groups in total. The minimum absolute atomic E-state index is 0.139. The summed E-state index contributed by atoms with van der Waals surface area (Å²) in [5.41, 5.74) is 5.75. The van der Waals surface area contributed by atoms with Crippen molar-refractivity contribution in [3.05, 3.63) is 0 Å². The lowest BCUT2D eigenvalue weighted by Crippen LogP contribution is -2.27. The van der Waals surface area contributed by atoms with Gasteiger partial charge in [-0.05, 0) is 20.3 Å². The number of amides is 1. The van der Waals surface area contributed by atoms with Crippen molar-refractivity contribution in [3.63, 3.8) is 0 Å². The van der Waals surface area contributed by atoms with E-state index in [0.29, 0.717) is 12.4 Å². The number of nitrogens with two attached hydrogens (primary N) is 1. The van der Waals surface area contributed by atoms with Crippen molar-refractivity contribution in [1.29, 1.82) is 0 Å². The molecule has 0 bridgehead atoms. The maximum atomic E-state index is 11.1. The van der Waals surface area contributed by atoms with Crippen molar-refractivity contribution in [1.82, 2.24) is 20.1 Å². The number of nitrogen functional groups attached to an aromatic ring is 1. The summed E-state index contributed by atoms with van der Waals surface area (Å²) in [6.45, 7) is 4.09. The van der Waals surface area contributed by atoms with Crippen LogP contribution >= 0.6 is 11.8 Å². The van der Waals surface area contributed by atoms with Crippen LogP contribution in [0.2, 0.25) is 0 Å². The van der Waals surface area contributed by atoms with E-state index in [1.54, 1.807) is 11.8 Å². The van der Waals surface area contributed by atoms with E-state index >= 15 is 0 Å². The maximum absolute atomic E-state index is 11.1. The molecule has 0 spiro atoms. The average molecular weight is 255 g/mol. The minimum atomic E-state index is 0.139. The molecular formula is C10H17N5OS. The third kappa shape index (κ3) is 2.71. The van der Waals surface area contributed by atoms with Crippen LogP contribution < -0.4 is 11.1 Å². The molecule has 2 rings (SSSR count). The predicted molar refractivity (Wildman–Crippen MR) is 66.7 cm³/mol. The Kier molecular flexibility index (Phi) is 3.56. The highest BCUT2D eigenvalue weighted by Crippen LogP contribution is 2.24. The van der Waals surface area contributed by atoms with Crippen molar-refractivity contribution in [3.8, 4) is 0 Å². The number of rotatable bonds is 4. The second-order valence-corrected chi connectivity index (χ2v) is 5.41. The Labute approximate surface area is 104 Å². The van der Waals surface area contributed by atoms with Gasteiger partial charge in [-0.25, -0.2) is 0 Å². The van der Waals surface area contributed by atoms with Gasteiger partial charge in [0.1, 0.15) is 0 Å². The molecule has 1 aliphatic rings. The van der Waals surface area contributed by atoms with Gasteiger partial charge in [0.15, 0.2) is 5.16 Å². The van der Waals surface area contributed by atoms with E-state index < -0.39 is 0 Å². The van der Waals surface area contributed by atoms with Crippen LogP contribution in [-0.2, 0) is 4.79 Å². The number of carbonyl (C=O) groups excluding carboxylic acids is 1. The molecule has 0 radical (unpaired) electrons. The topological polar surface area (TPSA) is 85.8 Å². The first-order chi connectivity index (χ1) is 8.08. The fourth-order valence-electron chi connectivity index (χ4n) is 1.85. The molecule has 1 saturated heterocycles. The second-order valence-electron chi connectivity index (χ2n) is 4.42. The summed E-state index contributed by atoms with van der Waals surface area (Å²) in [6, 6.07) is 0.483. The smallest absolute Gasteiger partial charge is 0.222 e. The van der Waals surface area contributed by atoms with Crippen molar-refractivity contribution in [2.75, 3.05) is 11.5 Å². The Hall–Kier alpha value is -1.24. The van der Waals surface area contributed by atoms with Crippen LogP contribution in [-0.4, -0.2) is 32.5 Å². The lowest BCUT2D eigenvalue weighted by molar-refractivity contribution is -0.119. The van der Waals surface area contributed by atoms with Crippen LogP contribution in [0, 0.1) is 0 Å². The SMILES string of the molecule is CC(C)n1c(N)nnc1SCC1CCC(=O)N1. The molecule has 1 aromatic heterocycles. The van der Waals surface area contributed by atoms with Crippen LogP contribution in [0.25, 0.3) is 0 Å². The average Bonchev–Trinajstić information content (AvgIpc) is 2.82. The quantitative estimate of drug-likeness (QED) is 0.778. The summed E-state index contributed by atoms with van der Waals surface area (Å²) in [5.74, 6) is 1.40. The van der Waals surface area contributed by atoms with E-state index in [9.17, 15) is 4.79 Å². The molecule has 94 valence electrons. The van der Waals surface area contributed by atoms with Crippen LogP contribution in [0.4, 0.5) is 5.95 Å².